The molecule has 24 heavy (non-hydrogen) atoms. The molecule has 0 saturated heterocycles. The Morgan fingerprint density at radius 3 is 2.04 bits per heavy atom. The van der Waals surface area contributed by atoms with E-state index in [1.54, 1.807) is 55.5 Å². The lowest BCUT2D eigenvalue weighted by Gasteiger charge is -2.17. The van der Waals surface area contributed by atoms with E-state index in [4.69, 9.17) is 16.3 Å². The van der Waals surface area contributed by atoms with E-state index in [1.807, 2.05) is 0 Å². The first-order chi connectivity index (χ1) is 11.4. The lowest BCUT2D eigenvalue weighted by Crippen LogP contribution is -2.39. The second-order valence-electron chi connectivity index (χ2n) is 5.07. The third-order valence-electron chi connectivity index (χ3n) is 2.92. The van der Waals surface area contributed by atoms with Crippen LogP contribution < -0.4 is 20.7 Å². The van der Waals surface area contributed by atoms with Gasteiger partial charge in [0.2, 0.25) is 5.91 Å². The Balaban J connectivity index is 1.83. The summed E-state index contributed by atoms with van der Waals surface area (Å²) in [5, 5.41) is 8.61. The predicted molar refractivity (Wildman–Crippen MR) is 94.4 cm³/mol. The largest absolute Gasteiger partial charge is 0.471 e. The number of nitrogens with one attached hydrogen (secondary N) is 3. The summed E-state index contributed by atoms with van der Waals surface area (Å²) in [6.45, 7) is 3.15. The van der Waals surface area contributed by atoms with Crippen LogP contribution in [0.2, 0.25) is 5.02 Å². The van der Waals surface area contributed by atoms with Crippen molar-refractivity contribution in [3.05, 3.63) is 53.6 Å². The number of carbonyl (C=O) groups excluding carboxylic acids is 2. The van der Waals surface area contributed by atoms with Gasteiger partial charge in [-0.3, -0.25) is 4.79 Å². The highest BCUT2D eigenvalue weighted by atomic mass is 35.5. The van der Waals surface area contributed by atoms with Gasteiger partial charge in [-0.25, -0.2) is 4.79 Å². The van der Waals surface area contributed by atoms with Crippen molar-refractivity contribution in [3.8, 4) is 5.75 Å². The number of amides is 3. The smallest absolute Gasteiger partial charge is 0.322 e. The van der Waals surface area contributed by atoms with Gasteiger partial charge < -0.3 is 20.7 Å². The molecule has 1 unspecified atom stereocenters. The van der Waals surface area contributed by atoms with E-state index >= 15 is 0 Å². The first-order valence-corrected chi connectivity index (χ1v) is 7.67. The number of hydrogen-bond donors (Lipinski definition) is 3. The molecule has 0 bridgehead atoms. The van der Waals surface area contributed by atoms with Crippen LogP contribution in [0.5, 0.6) is 5.75 Å². The third-order valence-corrected chi connectivity index (χ3v) is 3.18. The van der Waals surface area contributed by atoms with Crippen LogP contribution in [0.15, 0.2) is 48.5 Å². The van der Waals surface area contributed by atoms with Crippen LogP contribution in [0.25, 0.3) is 0 Å². The number of urea groups is 1. The van der Waals surface area contributed by atoms with Crippen molar-refractivity contribution in [2.24, 2.45) is 0 Å². The highest BCUT2D eigenvalue weighted by Gasteiger charge is 2.09. The molecule has 0 aliphatic heterocycles. The summed E-state index contributed by atoms with van der Waals surface area (Å²) in [4.78, 5) is 22.9. The molecule has 0 heterocycles. The molecule has 0 saturated carbocycles. The van der Waals surface area contributed by atoms with Gasteiger partial charge in [-0.2, -0.15) is 0 Å². The van der Waals surface area contributed by atoms with Gasteiger partial charge in [-0.05, 0) is 55.5 Å². The molecule has 3 amide bonds. The summed E-state index contributed by atoms with van der Waals surface area (Å²) in [5.41, 5.74) is 1.26. The summed E-state index contributed by atoms with van der Waals surface area (Å²) in [5.74, 6) is 0.452. The highest BCUT2D eigenvalue weighted by molar-refractivity contribution is 6.30. The Morgan fingerprint density at radius 2 is 1.50 bits per heavy atom. The predicted octanol–water partition coefficient (Wildman–Crippen LogP) is 3.84. The first-order valence-electron chi connectivity index (χ1n) is 7.30. The summed E-state index contributed by atoms with van der Waals surface area (Å²) in [7, 11) is 0. The molecule has 0 aliphatic rings. The fraction of sp³-hybridized carbons (Fsp3) is 0.176. The summed E-state index contributed by atoms with van der Waals surface area (Å²) < 4.78 is 5.56. The zero-order chi connectivity index (χ0) is 17.5. The molecule has 0 radical (unpaired) electrons. The third kappa shape index (κ3) is 5.81. The number of rotatable bonds is 5. The molecule has 2 aromatic carbocycles. The van der Waals surface area contributed by atoms with Crippen LogP contribution in [0.3, 0.4) is 0 Å². The minimum Gasteiger partial charge on any atom is -0.471 e. The Morgan fingerprint density at radius 1 is 0.958 bits per heavy atom. The highest BCUT2D eigenvalue weighted by Crippen LogP contribution is 2.16. The molecule has 0 fully saturated rings. The van der Waals surface area contributed by atoms with Gasteiger partial charge in [0.15, 0.2) is 6.23 Å². The Labute approximate surface area is 145 Å². The molecular formula is C17H18ClN3O3. The van der Waals surface area contributed by atoms with Crippen molar-refractivity contribution in [1.82, 2.24) is 5.32 Å². The summed E-state index contributed by atoms with van der Waals surface area (Å²) >= 11 is 5.80. The van der Waals surface area contributed by atoms with Crippen molar-refractivity contribution in [2.75, 3.05) is 10.6 Å². The second-order valence-corrected chi connectivity index (χ2v) is 5.51. The Kier molecular flexibility index (Phi) is 6.03. The number of benzene rings is 2. The van der Waals surface area contributed by atoms with Crippen molar-refractivity contribution >= 4 is 34.9 Å². The van der Waals surface area contributed by atoms with E-state index in [0.717, 1.165) is 0 Å². The number of hydrogen-bond acceptors (Lipinski definition) is 3. The van der Waals surface area contributed by atoms with E-state index in [9.17, 15) is 9.59 Å². The van der Waals surface area contributed by atoms with Gasteiger partial charge in [-0.15, -0.1) is 0 Å². The molecule has 2 aromatic rings. The molecule has 2 rings (SSSR count). The summed E-state index contributed by atoms with van der Waals surface area (Å²) in [6, 6.07) is 13.2. The lowest BCUT2D eigenvalue weighted by molar-refractivity contribution is -0.114. The maximum atomic E-state index is 11.9. The van der Waals surface area contributed by atoms with Crippen molar-refractivity contribution in [3.63, 3.8) is 0 Å². The van der Waals surface area contributed by atoms with E-state index in [2.05, 4.69) is 16.0 Å². The Bertz CT molecular complexity index is 702. The number of ether oxygens (including phenoxy) is 1. The van der Waals surface area contributed by atoms with Gasteiger partial charge in [0.1, 0.15) is 5.75 Å². The number of halogens is 1. The van der Waals surface area contributed by atoms with E-state index < -0.39 is 12.3 Å². The van der Waals surface area contributed by atoms with Gasteiger partial charge in [0.25, 0.3) is 0 Å². The van der Waals surface area contributed by atoms with Crippen LogP contribution in [0.4, 0.5) is 16.2 Å². The van der Waals surface area contributed by atoms with Crippen molar-refractivity contribution in [2.45, 2.75) is 20.1 Å². The van der Waals surface area contributed by atoms with Crippen LogP contribution >= 0.6 is 11.6 Å². The van der Waals surface area contributed by atoms with E-state index in [1.165, 1.54) is 6.92 Å². The quantitative estimate of drug-likeness (QED) is 0.719. The minimum atomic E-state index is -0.523. The van der Waals surface area contributed by atoms with Gasteiger partial charge in [0, 0.05) is 23.3 Å². The van der Waals surface area contributed by atoms with Gasteiger partial charge >= 0.3 is 6.03 Å². The molecule has 7 heteroatoms. The standard InChI is InChI=1S/C17H18ClN3O3/c1-11(22)19-14-5-7-15(8-6-14)21-17(23)20-12(2)24-16-9-3-13(18)4-10-16/h3-10,12H,1-2H3,(H,19,22)(H2,20,21,23). The molecular weight excluding hydrogens is 330 g/mol. The summed E-state index contributed by atoms with van der Waals surface area (Å²) in [6.07, 6.45) is -0.523. The lowest BCUT2D eigenvalue weighted by atomic mass is 10.3. The molecule has 0 aliphatic carbocycles. The van der Waals surface area contributed by atoms with Crippen LogP contribution in [0, 0.1) is 0 Å². The van der Waals surface area contributed by atoms with Crippen LogP contribution in [-0.4, -0.2) is 18.2 Å². The average molecular weight is 348 g/mol. The fourth-order valence-electron chi connectivity index (χ4n) is 1.94. The first kappa shape index (κ1) is 17.6. The monoisotopic (exact) mass is 347 g/mol. The molecule has 3 N–H and O–H groups in total. The average Bonchev–Trinajstić information content (AvgIpc) is 2.51. The van der Waals surface area contributed by atoms with Crippen molar-refractivity contribution in [1.29, 1.82) is 0 Å². The molecule has 1 atom stereocenters. The molecule has 0 spiro atoms. The van der Waals surface area contributed by atoms with Crippen molar-refractivity contribution < 1.29 is 14.3 Å². The van der Waals surface area contributed by atoms with E-state index in [-0.39, 0.29) is 5.91 Å². The van der Waals surface area contributed by atoms with Gasteiger partial charge in [0.05, 0.1) is 0 Å². The van der Waals surface area contributed by atoms with Gasteiger partial charge in [-0.1, -0.05) is 11.6 Å². The zero-order valence-corrected chi connectivity index (χ0v) is 14.1. The normalized spacial score (nSPS) is 11.3. The second kappa shape index (κ2) is 8.21. The zero-order valence-electron chi connectivity index (χ0n) is 13.3. The van der Waals surface area contributed by atoms with E-state index in [0.29, 0.717) is 22.1 Å². The SMILES string of the molecule is CC(=O)Nc1ccc(NC(=O)NC(C)Oc2ccc(Cl)cc2)cc1. The molecule has 6 nitrogen and oxygen atoms in total. The topological polar surface area (TPSA) is 79.5 Å². The maximum absolute atomic E-state index is 11.9. The van der Waals surface area contributed by atoms with Crippen LogP contribution in [-0.2, 0) is 4.79 Å². The Hall–Kier alpha value is -2.73. The molecule has 126 valence electrons. The maximum Gasteiger partial charge on any atom is 0.322 e. The number of anilines is 2. The minimum absolute atomic E-state index is 0.151. The fourth-order valence-corrected chi connectivity index (χ4v) is 2.06. The van der Waals surface area contributed by atoms with Crippen LogP contribution in [0.1, 0.15) is 13.8 Å². The molecule has 0 aromatic heterocycles. The number of carbonyl (C=O) groups is 2.